The predicted molar refractivity (Wildman–Crippen MR) is 137 cm³/mol. The van der Waals surface area contributed by atoms with Gasteiger partial charge in [-0.1, -0.05) is 28.1 Å². The first-order chi connectivity index (χ1) is 15.5. The van der Waals surface area contributed by atoms with Crippen LogP contribution in [0.1, 0.15) is 34.6 Å². The van der Waals surface area contributed by atoms with Crippen LogP contribution in [0.5, 0.6) is 0 Å². The number of nitrogens with zero attached hydrogens (tertiary/aromatic N) is 3. The molecule has 0 spiro atoms. The summed E-state index contributed by atoms with van der Waals surface area (Å²) < 4.78 is 3.29. The van der Waals surface area contributed by atoms with Crippen LogP contribution in [0.2, 0.25) is 0 Å². The van der Waals surface area contributed by atoms with Gasteiger partial charge in [-0.2, -0.15) is 0 Å². The molecule has 2 atom stereocenters. The summed E-state index contributed by atoms with van der Waals surface area (Å²) in [4.78, 5) is 6.89. The van der Waals surface area contributed by atoms with E-state index in [4.69, 9.17) is 12.2 Å². The molecule has 3 heterocycles. The number of anilines is 1. The number of hydrogen-bond donors (Lipinski definition) is 1. The molecule has 0 radical (unpaired) electrons. The van der Waals surface area contributed by atoms with E-state index in [1.807, 2.05) is 18.3 Å². The fraction of sp³-hybridized carbons (Fsp3) is 0.154. The molecule has 1 saturated heterocycles. The molecule has 2 aromatic carbocycles. The van der Waals surface area contributed by atoms with Crippen LogP contribution >= 0.6 is 28.1 Å². The average Bonchev–Trinajstić information content (AvgIpc) is 3.41. The Morgan fingerprint density at radius 3 is 2.41 bits per heavy atom. The van der Waals surface area contributed by atoms with E-state index in [1.54, 1.807) is 0 Å². The van der Waals surface area contributed by atoms with E-state index in [0.717, 1.165) is 27.2 Å². The van der Waals surface area contributed by atoms with Gasteiger partial charge in [0.2, 0.25) is 0 Å². The van der Waals surface area contributed by atoms with Gasteiger partial charge in [-0.25, -0.2) is 0 Å². The molecule has 2 unspecified atom stereocenters. The number of rotatable bonds is 4. The number of halogens is 1. The van der Waals surface area contributed by atoms with Crippen molar-refractivity contribution in [3.8, 4) is 5.69 Å². The molecule has 5 rings (SSSR count). The number of thiocarbonyl (C=S) groups is 1. The number of benzene rings is 2. The third kappa shape index (κ3) is 3.74. The maximum atomic E-state index is 5.88. The topological polar surface area (TPSA) is 33.1 Å². The highest BCUT2D eigenvalue weighted by Gasteiger charge is 2.42. The standard InChI is InChI=1S/C26H23BrN4S/c1-17-8-11-21(16-18(17)2)31-25(24(29-26(31)32)22-6-3-4-14-28-22)23-7-5-15-30(23)20-12-9-19(27)10-13-20/h3-16,24-25H,1-2H3,(H,29,32). The van der Waals surface area contributed by atoms with Gasteiger partial charge in [0.1, 0.15) is 6.04 Å². The smallest absolute Gasteiger partial charge is 0.174 e. The minimum atomic E-state index is -0.0746. The highest BCUT2D eigenvalue weighted by Crippen LogP contribution is 2.42. The second kappa shape index (κ2) is 8.52. The molecule has 0 saturated carbocycles. The minimum Gasteiger partial charge on any atom is -0.351 e. The minimum absolute atomic E-state index is 0.0573. The Morgan fingerprint density at radius 1 is 0.906 bits per heavy atom. The van der Waals surface area contributed by atoms with Crippen LogP contribution in [-0.4, -0.2) is 14.7 Å². The summed E-state index contributed by atoms with van der Waals surface area (Å²) in [6.07, 6.45) is 3.94. The van der Waals surface area contributed by atoms with E-state index in [-0.39, 0.29) is 12.1 Å². The Bertz CT molecular complexity index is 1270. The maximum Gasteiger partial charge on any atom is 0.174 e. The molecule has 2 aromatic heterocycles. The van der Waals surface area contributed by atoms with Crippen molar-refractivity contribution >= 4 is 38.9 Å². The lowest BCUT2D eigenvalue weighted by Crippen LogP contribution is -2.30. The highest BCUT2D eigenvalue weighted by molar-refractivity contribution is 9.10. The zero-order valence-electron chi connectivity index (χ0n) is 17.9. The molecule has 1 N–H and O–H groups in total. The third-order valence-corrected chi connectivity index (χ3v) is 6.90. The van der Waals surface area contributed by atoms with Gasteiger partial charge in [-0.3, -0.25) is 4.98 Å². The van der Waals surface area contributed by atoms with Crippen molar-refractivity contribution in [3.05, 3.63) is 112 Å². The molecule has 0 aliphatic carbocycles. The molecule has 6 heteroatoms. The van der Waals surface area contributed by atoms with E-state index in [9.17, 15) is 0 Å². The van der Waals surface area contributed by atoms with Crippen molar-refractivity contribution in [2.45, 2.75) is 25.9 Å². The molecule has 160 valence electrons. The molecular weight excluding hydrogens is 480 g/mol. The molecule has 1 aliphatic heterocycles. The van der Waals surface area contributed by atoms with Gasteiger partial charge < -0.3 is 14.8 Å². The van der Waals surface area contributed by atoms with Crippen LogP contribution in [0.4, 0.5) is 5.69 Å². The normalized spacial score (nSPS) is 18.1. The monoisotopic (exact) mass is 502 g/mol. The Kier molecular flexibility index (Phi) is 5.57. The fourth-order valence-electron chi connectivity index (χ4n) is 4.28. The first kappa shape index (κ1) is 20.9. The number of aryl methyl sites for hydroxylation is 2. The van der Waals surface area contributed by atoms with E-state index in [0.29, 0.717) is 5.11 Å². The third-order valence-electron chi connectivity index (χ3n) is 6.05. The van der Waals surface area contributed by atoms with E-state index in [1.165, 1.54) is 11.1 Å². The lowest BCUT2D eigenvalue weighted by molar-refractivity contribution is 0.549. The van der Waals surface area contributed by atoms with Gasteiger partial charge in [0.15, 0.2) is 5.11 Å². The lowest BCUT2D eigenvalue weighted by atomic mass is 10.00. The molecule has 4 nitrogen and oxygen atoms in total. The van der Waals surface area contributed by atoms with Crippen LogP contribution in [0.25, 0.3) is 5.69 Å². The Hall–Kier alpha value is -2.96. The molecule has 0 bridgehead atoms. The van der Waals surface area contributed by atoms with Crippen LogP contribution in [-0.2, 0) is 0 Å². The summed E-state index contributed by atoms with van der Waals surface area (Å²) in [7, 11) is 0. The zero-order valence-corrected chi connectivity index (χ0v) is 20.3. The van der Waals surface area contributed by atoms with E-state index >= 15 is 0 Å². The average molecular weight is 503 g/mol. The number of aromatic nitrogens is 2. The summed E-state index contributed by atoms with van der Waals surface area (Å²) in [5.41, 5.74) is 6.81. The van der Waals surface area contributed by atoms with Crippen molar-refractivity contribution in [1.29, 1.82) is 0 Å². The molecule has 1 fully saturated rings. The molecular formula is C26H23BrN4S. The summed E-state index contributed by atoms with van der Waals surface area (Å²) in [5, 5.41) is 4.26. The van der Waals surface area contributed by atoms with Gasteiger partial charge >= 0.3 is 0 Å². The Labute approximate surface area is 202 Å². The lowest BCUT2D eigenvalue weighted by Gasteiger charge is -2.29. The molecule has 4 aromatic rings. The second-order valence-electron chi connectivity index (χ2n) is 8.04. The molecule has 32 heavy (non-hydrogen) atoms. The largest absolute Gasteiger partial charge is 0.351 e. The number of pyridine rings is 1. The van der Waals surface area contributed by atoms with Crippen LogP contribution in [0, 0.1) is 13.8 Å². The molecule has 0 amide bonds. The van der Waals surface area contributed by atoms with Crippen LogP contribution in [0.15, 0.2) is 89.7 Å². The van der Waals surface area contributed by atoms with Crippen molar-refractivity contribution in [3.63, 3.8) is 0 Å². The summed E-state index contributed by atoms with van der Waals surface area (Å²) in [6, 6.07) is 25.0. The Balaban J connectivity index is 1.67. The second-order valence-corrected chi connectivity index (χ2v) is 9.35. The first-order valence-corrected chi connectivity index (χ1v) is 11.7. The van der Waals surface area contributed by atoms with E-state index < -0.39 is 0 Å². The fourth-order valence-corrected chi connectivity index (χ4v) is 4.89. The van der Waals surface area contributed by atoms with Gasteiger partial charge in [-0.15, -0.1) is 0 Å². The predicted octanol–water partition coefficient (Wildman–Crippen LogP) is 6.43. The quantitative estimate of drug-likeness (QED) is 0.326. The zero-order chi connectivity index (χ0) is 22.2. The maximum absolute atomic E-state index is 5.88. The summed E-state index contributed by atoms with van der Waals surface area (Å²) in [6.45, 7) is 4.27. The SMILES string of the molecule is Cc1ccc(N2C(=S)NC(c3ccccn3)C2c2cccn2-c2ccc(Br)cc2)cc1C. The van der Waals surface area contributed by atoms with Crippen molar-refractivity contribution in [1.82, 2.24) is 14.9 Å². The Morgan fingerprint density at radius 2 is 1.69 bits per heavy atom. The van der Waals surface area contributed by atoms with Crippen LogP contribution < -0.4 is 10.2 Å². The van der Waals surface area contributed by atoms with Gasteiger partial charge in [-0.05, 0) is 97.9 Å². The van der Waals surface area contributed by atoms with Crippen molar-refractivity contribution in [2.24, 2.45) is 0 Å². The molecule has 1 aliphatic rings. The van der Waals surface area contributed by atoms with E-state index in [2.05, 4.69) is 116 Å². The number of nitrogens with one attached hydrogen (secondary N) is 1. The van der Waals surface area contributed by atoms with Gasteiger partial charge in [0, 0.05) is 33.9 Å². The first-order valence-electron chi connectivity index (χ1n) is 10.5. The van der Waals surface area contributed by atoms with Crippen LogP contribution in [0.3, 0.4) is 0 Å². The van der Waals surface area contributed by atoms with Gasteiger partial charge in [0.25, 0.3) is 0 Å². The summed E-state index contributed by atoms with van der Waals surface area (Å²) >= 11 is 9.42. The van der Waals surface area contributed by atoms with Gasteiger partial charge in [0.05, 0.1) is 11.7 Å². The summed E-state index contributed by atoms with van der Waals surface area (Å²) in [5.74, 6) is 0. The van der Waals surface area contributed by atoms with Crippen molar-refractivity contribution < 1.29 is 0 Å². The highest BCUT2D eigenvalue weighted by atomic mass is 79.9. The number of hydrogen-bond acceptors (Lipinski definition) is 2. The van der Waals surface area contributed by atoms with Crippen molar-refractivity contribution in [2.75, 3.05) is 4.90 Å².